The molecule has 5 heteroatoms. The highest BCUT2D eigenvalue weighted by molar-refractivity contribution is 5.45. The molecule has 0 unspecified atom stereocenters. The zero-order chi connectivity index (χ0) is 14.7. The quantitative estimate of drug-likeness (QED) is 0.915. The molecule has 0 radical (unpaired) electrons. The molecule has 0 bridgehead atoms. The number of fused-ring (bicyclic) bond motifs is 1. The number of hydrogen-bond donors (Lipinski definition) is 1. The van der Waals surface area contributed by atoms with Crippen LogP contribution in [0.2, 0.25) is 0 Å². The number of methoxy groups -OCH3 is 1. The second kappa shape index (κ2) is 5.93. The second-order valence-electron chi connectivity index (χ2n) is 4.65. The van der Waals surface area contributed by atoms with Crippen LogP contribution < -0.4 is 24.7 Å². The van der Waals surface area contributed by atoms with Gasteiger partial charge in [0.15, 0.2) is 11.5 Å². The maximum absolute atomic E-state index is 5.86. The lowest BCUT2D eigenvalue weighted by atomic mass is 10.2. The summed E-state index contributed by atoms with van der Waals surface area (Å²) in [6, 6.07) is 11.4. The Bertz CT molecular complexity index is 642. The Balaban J connectivity index is 1.75. The summed E-state index contributed by atoms with van der Waals surface area (Å²) in [7, 11) is 1.62. The molecule has 5 nitrogen and oxygen atoms in total. The van der Waals surface area contributed by atoms with Crippen molar-refractivity contribution in [2.24, 2.45) is 5.73 Å². The van der Waals surface area contributed by atoms with E-state index in [-0.39, 0.29) is 6.79 Å². The largest absolute Gasteiger partial charge is 0.497 e. The lowest BCUT2D eigenvalue weighted by Gasteiger charge is -2.12. The molecule has 1 heterocycles. The third-order valence-electron chi connectivity index (χ3n) is 3.33. The van der Waals surface area contributed by atoms with Crippen LogP contribution in [0.25, 0.3) is 0 Å². The van der Waals surface area contributed by atoms with Crippen LogP contribution in [-0.4, -0.2) is 13.9 Å². The van der Waals surface area contributed by atoms with Crippen molar-refractivity contribution in [2.45, 2.75) is 13.2 Å². The highest BCUT2D eigenvalue weighted by atomic mass is 16.7. The fourth-order valence-corrected chi connectivity index (χ4v) is 2.16. The number of hydrogen-bond acceptors (Lipinski definition) is 5. The lowest BCUT2D eigenvalue weighted by molar-refractivity contribution is 0.174. The highest BCUT2D eigenvalue weighted by Crippen LogP contribution is 2.33. The SMILES string of the molecule is COc1ccc(CN)c(OCc2ccc3c(c2)OCO3)c1. The molecule has 0 spiro atoms. The lowest BCUT2D eigenvalue weighted by Crippen LogP contribution is -2.03. The van der Waals surface area contributed by atoms with Crippen molar-refractivity contribution in [1.29, 1.82) is 0 Å². The molecule has 2 aromatic rings. The summed E-state index contributed by atoms with van der Waals surface area (Å²) < 4.78 is 21.7. The Hall–Kier alpha value is -2.40. The van der Waals surface area contributed by atoms with Gasteiger partial charge in [0.25, 0.3) is 0 Å². The van der Waals surface area contributed by atoms with E-state index < -0.39 is 0 Å². The van der Waals surface area contributed by atoms with Crippen molar-refractivity contribution in [3.8, 4) is 23.0 Å². The molecule has 1 aliphatic heterocycles. The normalized spacial score (nSPS) is 12.3. The van der Waals surface area contributed by atoms with Gasteiger partial charge in [0.05, 0.1) is 7.11 Å². The molecule has 2 N–H and O–H groups in total. The van der Waals surface area contributed by atoms with Gasteiger partial charge in [-0.05, 0) is 23.8 Å². The van der Waals surface area contributed by atoms with E-state index >= 15 is 0 Å². The van der Waals surface area contributed by atoms with E-state index in [0.29, 0.717) is 13.2 Å². The smallest absolute Gasteiger partial charge is 0.231 e. The van der Waals surface area contributed by atoms with Gasteiger partial charge in [0.2, 0.25) is 6.79 Å². The molecule has 0 amide bonds. The Morgan fingerprint density at radius 1 is 1.10 bits per heavy atom. The fourth-order valence-electron chi connectivity index (χ4n) is 2.16. The topological polar surface area (TPSA) is 62.9 Å². The molecule has 0 saturated carbocycles. The van der Waals surface area contributed by atoms with Gasteiger partial charge in [0.1, 0.15) is 18.1 Å². The van der Waals surface area contributed by atoms with Crippen LogP contribution in [0, 0.1) is 0 Å². The van der Waals surface area contributed by atoms with Crippen LogP contribution in [-0.2, 0) is 13.2 Å². The van der Waals surface area contributed by atoms with Crippen LogP contribution in [0.4, 0.5) is 0 Å². The zero-order valence-corrected chi connectivity index (χ0v) is 11.8. The van der Waals surface area contributed by atoms with Crippen LogP contribution in [0.3, 0.4) is 0 Å². The first-order valence-electron chi connectivity index (χ1n) is 6.68. The number of nitrogens with two attached hydrogens (primary N) is 1. The molecular formula is C16H17NO4. The van der Waals surface area contributed by atoms with Gasteiger partial charge in [-0.3, -0.25) is 0 Å². The molecule has 110 valence electrons. The molecule has 21 heavy (non-hydrogen) atoms. The van der Waals surface area contributed by atoms with E-state index in [9.17, 15) is 0 Å². The van der Waals surface area contributed by atoms with Crippen LogP contribution in [0.5, 0.6) is 23.0 Å². The van der Waals surface area contributed by atoms with E-state index in [4.69, 9.17) is 24.7 Å². The average Bonchev–Trinajstić information content (AvgIpc) is 3.00. The van der Waals surface area contributed by atoms with Gasteiger partial charge in [-0.15, -0.1) is 0 Å². The van der Waals surface area contributed by atoms with Gasteiger partial charge < -0.3 is 24.7 Å². The second-order valence-corrected chi connectivity index (χ2v) is 4.65. The minimum atomic E-state index is 0.271. The van der Waals surface area contributed by atoms with E-state index in [1.54, 1.807) is 7.11 Å². The summed E-state index contributed by atoms with van der Waals surface area (Å²) >= 11 is 0. The highest BCUT2D eigenvalue weighted by Gasteiger charge is 2.13. The van der Waals surface area contributed by atoms with Crippen LogP contribution in [0.1, 0.15) is 11.1 Å². The maximum Gasteiger partial charge on any atom is 0.231 e. The molecule has 0 aromatic heterocycles. The van der Waals surface area contributed by atoms with Gasteiger partial charge in [0, 0.05) is 18.2 Å². The summed E-state index contributed by atoms with van der Waals surface area (Å²) in [5.74, 6) is 2.99. The van der Waals surface area contributed by atoms with Gasteiger partial charge in [-0.1, -0.05) is 12.1 Å². The van der Waals surface area contributed by atoms with E-state index in [0.717, 1.165) is 34.1 Å². The van der Waals surface area contributed by atoms with Crippen molar-refractivity contribution < 1.29 is 18.9 Å². The number of rotatable bonds is 5. The monoisotopic (exact) mass is 287 g/mol. The van der Waals surface area contributed by atoms with Gasteiger partial charge >= 0.3 is 0 Å². The predicted molar refractivity (Wildman–Crippen MR) is 77.8 cm³/mol. The van der Waals surface area contributed by atoms with Gasteiger partial charge in [-0.2, -0.15) is 0 Å². The zero-order valence-electron chi connectivity index (χ0n) is 11.8. The standard InChI is InChI=1S/C16H17NO4/c1-18-13-4-3-12(8-17)15(7-13)19-9-11-2-5-14-16(6-11)21-10-20-14/h2-7H,8-10,17H2,1H3. The van der Waals surface area contributed by atoms with Crippen molar-refractivity contribution in [1.82, 2.24) is 0 Å². The fraction of sp³-hybridized carbons (Fsp3) is 0.250. The first kappa shape index (κ1) is 13.6. The first-order valence-corrected chi connectivity index (χ1v) is 6.68. The average molecular weight is 287 g/mol. The number of ether oxygens (including phenoxy) is 4. The Morgan fingerprint density at radius 3 is 2.76 bits per heavy atom. The summed E-state index contributed by atoms with van der Waals surface area (Å²) in [5, 5.41) is 0. The molecule has 2 aromatic carbocycles. The summed E-state index contributed by atoms with van der Waals surface area (Å²) in [6.45, 7) is 1.12. The molecule has 0 atom stereocenters. The molecule has 1 aliphatic rings. The molecule has 3 rings (SSSR count). The minimum Gasteiger partial charge on any atom is -0.497 e. The van der Waals surface area contributed by atoms with E-state index in [1.165, 1.54) is 0 Å². The summed E-state index contributed by atoms with van der Waals surface area (Å²) in [6.07, 6.45) is 0. The Morgan fingerprint density at radius 2 is 1.95 bits per heavy atom. The minimum absolute atomic E-state index is 0.271. The van der Waals surface area contributed by atoms with E-state index in [1.807, 2.05) is 36.4 Å². The van der Waals surface area contributed by atoms with Crippen LogP contribution in [0.15, 0.2) is 36.4 Å². The third-order valence-corrected chi connectivity index (χ3v) is 3.33. The van der Waals surface area contributed by atoms with E-state index in [2.05, 4.69) is 0 Å². The Kier molecular flexibility index (Phi) is 3.83. The maximum atomic E-state index is 5.86. The van der Waals surface area contributed by atoms with Crippen molar-refractivity contribution in [3.63, 3.8) is 0 Å². The van der Waals surface area contributed by atoms with Crippen molar-refractivity contribution >= 4 is 0 Å². The van der Waals surface area contributed by atoms with Crippen molar-refractivity contribution in [3.05, 3.63) is 47.5 Å². The third kappa shape index (κ3) is 2.87. The summed E-state index contributed by atoms with van der Waals surface area (Å²) in [5.41, 5.74) is 7.67. The molecular weight excluding hydrogens is 270 g/mol. The summed E-state index contributed by atoms with van der Waals surface area (Å²) in [4.78, 5) is 0. The number of benzene rings is 2. The molecule has 0 fully saturated rings. The first-order chi connectivity index (χ1) is 10.3. The van der Waals surface area contributed by atoms with Crippen molar-refractivity contribution in [2.75, 3.05) is 13.9 Å². The Labute approximate surface area is 123 Å². The molecule has 0 saturated heterocycles. The predicted octanol–water partition coefficient (Wildman–Crippen LogP) is 2.46. The molecule has 0 aliphatic carbocycles. The van der Waals surface area contributed by atoms with Crippen LogP contribution >= 0.6 is 0 Å². The van der Waals surface area contributed by atoms with Gasteiger partial charge in [-0.25, -0.2) is 0 Å².